The molecule has 1 rings (SSSR count). The first-order valence-corrected chi connectivity index (χ1v) is 3.80. The molecule has 2 nitrogen and oxygen atoms in total. The third-order valence-electron chi connectivity index (χ3n) is 1.94. The molecule has 0 bridgehead atoms. The molecule has 0 radical (unpaired) electrons. The number of nitrogens with zero attached hydrogens (tertiary/aromatic N) is 1. The SMILES string of the molecule is CN1CC=C(CCO)CC1. The van der Waals surface area contributed by atoms with Crippen LogP contribution < -0.4 is 0 Å². The summed E-state index contributed by atoms with van der Waals surface area (Å²) in [5.74, 6) is 0. The molecule has 1 heterocycles. The Morgan fingerprint density at radius 1 is 1.70 bits per heavy atom. The number of hydrogen-bond acceptors (Lipinski definition) is 2. The Labute approximate surface area is 62.2 Å². The standard InChI is InChI=1S/C8H15NO/c1-9-5-2-8(3-6-9)4-7-10/h2,10H,3-7H2,1H3. The van der Waals surface area contributed by atoms with Crippen LogP contribution in [0.2, 0.25) is 0 Å². The van der Waals surface area contributed by atoms with Crippen LogP contribution in [0.4, 0.5) is 0 Å². The Balaban J connectivity index is 2.33. The summed E-state index contributed by atoms with van der Waals surface area (Å²) in [7, 11) is 2.12. The molecule has 0 saturated carbocycles. The van der Waals surface area contributed by atoms with Crippen LogP contribution in [0.15, 0.2) is 11.6 Å². The predicted molar refractivity (Wildman–Crippen MR) is 41.9 cm³/mol. The molecule has 0 aliphatic carbocycles. The van der Waals surface area contributed by atoms with Crippen LogP contribution in [-0.4, -0.2) is 36.8 Å². The highest BCUT2D eigenvalue weighted by Crippen LogP contribution is 2.11. The summed E-state index contributed by atoms with van der Waals surface area (Å²) in [4.78, 5) is 2.28. The monoisotopic (exact) mass is 141 g/mol. The lowest BCUT2D eigenvalue weighted by Crippen LogP contribution is -2.24. The summed E-state index contributed by atoms with van der Waals surface area (Å²) in [5.41, 5.74) is 1.42. The van der Waals surface area contributed by atoms with Crippen molar-refractivity contribution in [2.45, 2.75) is 12.8 Å². The topological polar surface area (TPSA) is 23.5 Å². The number of aliphatic hydroxyl groups excluding tert-OH is 1. The lowest BCUT2D eigenvalue weighted by atomic mass is 10.1. The molecule has 2 heteroatoms. The van der Waals surface area contributed by atoms with Gasteiger partial charge in [-0.3, -0.25) is 0 Å². The van der Waals surface area contributed by atoms with Crippen LogP contribution in [0.5, 0.6) is 0 Å². The largest absolute Gasteiger partial charge is 0.396 e. The fourth-order valence-corrected chi connectivity index (χ4v) is 1.18. The summed E-state index contributed by atoms with van der Waals surface area (Å²) in [6.07, 6.45) is 4.23. The molecule has 0 aromatic heterocycles. The van der Waals surface area contributed by atoms with E-state index in [0.29, 0.717) is 6.61 Å². The normalized spacial score (nSPS) is 20.8. The maximum absolute atomic E-state index is 8.63. The van der Waals surface area contributed by atoms with Crippen LogP contribution in [0.1, 0.15) is 12.8 Å². The summed E-state index contributed by atoms with van der Waals surface area (Å²) in [6.45, 7) is 2.50. The van der Waals surface area contributed by atoms with Gasteiger partial charge in [0.2, 0.25) is 0 Å². The van der Waals surface area contributed by atoms with Crippen molar-refractivity contribution in [3.8, 4) is 0 Å². The van der Waals surface area contributed by atoms with Gasteiger partial charge in [0.05, 0.1) is 0 Å². The molecular weight excluding hydrogens is 126 g/mol. The molecule has 0 fully saturated rings. The average molecular weight is 141 g/mol. The van der Waals surface area contributed by atoms with Gasteiger partial charge in [0.15, 0.2) is 0 Å². The first kappa shape index (κ1) is 7.76. The molecule has 0 atom stereocenters. The lowest BCUT2D eigenvalue weighted by molar-refractivity contribution is 0.290. The highest BCUT2D eigenvalue weighted by molar-refractivity contribution is 5.06. The summed E-state index contributed by atoms with van der Waals surface area (Å²) in [6, 6.07) is 0. The molecule has 0 unspecified atom stereocenters. The first-order valence-electron chi connectivity index (χ1n) is 3.80. The van der Waals surface area contributed by atoms with Crippen LogP contribution in [-0.2, 0) is 0 Å². The highest BCUT2D eigenvalue weighted by Gasteiger charge is 2.05. The lowest BCUT2D eigenvalue weighted by Gasteiger charge is -2.21. The average Bonchev–Trinajstić information content (AvgIpc) is 1.95. The third kappa shape index (κ3) is 2.12. The number of hydrogen-bond donors (Lipinski definition) is 1. The fourth-order valence-electron chi connectivity index (χ4n) is 1.18. The second-order valence-corrected chi connectivity index (χ2v) is 2.85. The molecule has 0 aromatic carbocycles. The van der Waals surface area contributed by atoms with Crippen LogP contribution in [0, 0.1) is 0 Å². The van der Waals surface area contributed by atoms with Crippen molar-refractivity contribution in [1.29, 1.82) is 0 Å². The maximum atomic E-state index is 8.63. The zero-order valence-electron chi connectivity index (χ0n) is 6.51. The smallest absolute Gasteiger partial charge is 0.0468 e. The van der Waals surface area contributed by atoms with Gasteiger partial charge < -0.3 is 10.0 Å². The molecule has 1 aliphatic heterocycles. The molecule has 0 spiro atoms. The Kier molecular flexibility index (Phi) is 2.90. The fraction of sp³-hybridized carbons (Fsp3) is 0.750. The van der Waals surface area contributed by atoms with Crippen molar-refractivity contribution in [3.63, 3.8) is 0 Å². The van der Waals surface area contributed by atoms with Gasteiger partial charge in [0, 0.05) is 19.7 Å². The van der Waals surface area contributed by atoms with Crippen molar-refractivity contribution in [2.24, 2.45) is 0 Å². The van der Waals surface area contributed by atoms with E-state index >= 15 is 0 Å². The van der Waals surface area contributed by atoms with Crippen LogP contribution in [0.3, 0.4) is 0 Å². The van der Waals surface area contributed by atoms with E-state index in [2.05, 4.69) is 18.0 Å². The molecular formula is C8H15NO. The summed E-state index contributed by atoms with van der Waals surface area (Å²) < 4.78 is 0. The van der Waals surface area contributed by atoms with E-state index in [0.717, 1.165) is 25.9 Å². The molecule has 0 aromatic rings. The van der Waals surface area contributed by atoms with Crippen molar-refractivity contribution in [2.75, 3.05) is 26.7 Å². The van der Waals surface area contributed by atoms with Crippen molar-refractivity contribution in [1.82, 2.24) is 4.90 Å². The van der Waals surface area contributed by atoms with Crippen LogP contribution >= 0.6 is 0 Å². The number of aliphatic hydroxyl groups is 1. The highest BCUT2D eigenvalue weighted by atomic mass is 16.2. The zero-order valence-corrected chi connectivity index (χ0v) is 6.51. The van der Waals surface area contributed by atoms with Crippen molar-refractivity contribution < 1.29 is 5.11 Å². The van der Waals surface area contributed by atoms with E-state index in [9.17, 15) is 0 Å². The van der Waals surface area contributed by atoms with Gasteiger partial charge >= 0.3 is 0 Å². The molecule has 10 heavy (non-hydrogen) atoms. The van der Waals surface area contributed by atoms with E-state index in [-0.39, 0.29) is 0 Å². The van der Waals surface area contributed by atoms with E-state index in [1.54, 1.807) is 0 Å². The quantitative estimate of drug-likeness (QED) is 0.570. The summed E-state index contributed by atoms with van der Waals surface area (Å²) in [5, 5.41) is 8.63. The third-order valence-corrected chi connectivity index (χ3v) is 1.94. The number of rotatable bonds is 2. The Hall–Kier alpha value is -0.340. The van der Waals surface area contributed by atoms with E-state index in [4.69, 9.17) is 5.11 Å². The van der Waals surface area contributed by atoms with Gasteiger partial charge in [-0.15, -0.1) is 0 Å². The van der Waals surface area contributed by atoms with Gasteiger partial charge in [-0.25, -0.2) is 0 Å². The van der Waals surface area contributed by atoms with E-state index < -0.39 is 0 Å². The Bertz CT molecular complexity index is 131. The minimum atomic E-state index is 0.301. The Morgan fingerprint density at radius 3 is 3.00 bits per heavy atom. The molecule has 1 N–H and O–H groups in total. The zero-order chi connectivity index (χ0) is 7.40. The predicted octanol–water partition coefficient (Wildman–Crippen LogP) is 0.631. The second kappa shape index (κ2) is 3.74. The van der Waals surface area contributed by atoms with Gasteiger partial charge in [-0.1, -0.05) is 11.6 Å². The van der Waals surface area contributed by atoms with Gasteiger partial charge in [-0.05, 0) is 19.9 Å². The molecule has 58 valence electrons. The first-order chi connectivity index (χ1) is 4.83. The Morgan fingerprint density at radius 2 is 2.50 bits per heavy atom. The van der Waals surface area contributed by atoms with E-state index in [1.807, 2.05) is 0 Å². The minimum absolute atomic E-state index is 0.301. The second-order valence-electron chi connectivity index (χ2n) is 2.85. The van der Waals surface area contributed by atoms with E-state index in [1.165, 1.54) is 5.57 Å². The maximum Gasteiger partial charge on any atom is 0.0468 e. The van der Waals surface area contributed by atoms with Crippen LogP contribution in [0.25, 0.3) is 0 Å². The van der Waals surface area contributed by atoms with Gasteiger partial charge in [0.25, 0.3) is 0 Å². The number of likely N-dealkylation sites (N-methyl/N-ethyl adjacent to an activating group) is 1. The molecule has 0 saturated heterocycles. The van der Waals surface area contributed by atoms with Gasteiger partial charge in [-0.2, -0.15) is 0 Å². The van der Waals surface area contributed by atoms with Crippen molar-refractivity contribution in [3.05, 3.63) is 11.6 Å². The van der Waals surface area contributed by atoms with Gasteiger partial charge in [0.1, 0.15) is 0 Å². The molecule has 0 amide bonds. The molecule has 1 aliphatic rings. The van der Waals surface area contributed by atoms with Crippen molar-refractivity contribution >= 4 is 0 Å². The minimum Gasteiger partial charge on any atom is -0.396 e. The summed E-state index contributed by atoms with van der Waals surface area (Å²) >= 11 is 0.